The third-order valence-electron chi connectivity index (χ3n) is 1.54. The summed E-state index contributed by atoms with van der Waals surface area (Å²) in [6, 6.07) is 0. The fraction of sp³-hybridized carbons (Fsp3) is 0.571. The molecule has 2 amide bonds. The van der Waals surface area contributed by atoms with Gasteiger partial charge in [0.25, 0.3) is 0 Å². The van der Waals surface area contributed by atoms with Gasteiger partial charge >= 0.3 is 0 Å². The Kier molecular flexibility index (Phi) is 2.59. The second-order valence-corrected chi connectivity index (χ2v) is 2.40. The van der Waals surface area contributed by atoms with Crippen LogP contribution in [0.15, 0.2) is 0 Å². The molecule has 4 heteroatoms. The third-order valence-corrected chi connectivity index (χ3v) is 1.54. The first-order valence-electron chi connectivity index (χ1n) is 3.59. The highest BCUT2D eigenvalue weighted by molar-refractivity contribution is 5.99. The van der Waals surface area contributed by atoms with Crippen molar-refractivity contribution >= 4 is 11.8 Å². The van der Waals surface area contributed by atoms with Gasteiger partial charge in [-0.2, -0.15) is 0 Å². The molecular weight excluding hydrogens is 144 g/mol. The SMILES string of the molecule is [CH2]CCN1C(=O)CNCC1=O. The molecule has 0 aromatic heterocycles. The normalized spacial score (nSPS) is 19.2. The monoisotopic (exact) mass is 155 g/mol. The molecule has 4 nitrogen and oxygen atoms in total. The fourth-order valence-electron chi connectivity index (χ4n) is 1.01. The van der Waals surface area contributed by atoms with E-state index in [1.807, 2.05) is 0 Å². The average Bonchev–Trinajstić information content (AvgIpc) is 1.97. The summed E-state index contributed by atoms with van der Waals surface area (Å²) in [6.07, 6.45) is 0.581. The largest absolute Gasteiger partial charge is 0.300 e. The van der Waals surface area contributed by atoms with Gasteiger partial charge < -0.3 is 0 Å². The van der Waals surface area contributed by atoms with Crippen molar-refractivity contribution < 1.29 is 9.59 Å². The van der Waals surface area contributed by atoms with Crippen molar-refractivity contribution in [3.8, 4) is 0 Å². The van der Waals surface area contributed by atoms with Crippen LogP contribution >= 0.6 is 0 Å². The summed E-state index contributed by atoms with van der Waals surface area (Å²) in [6.45, 7) is 4.57. The van der Waals surface area contributed by atoms with Gasteiger partial charge in [-0.3, -0.25) is 19.8 Å². The molecule has 1 radical (unpaired) electrons. The molecule has 1 fully saturated rings. The highest BCUT2D eigenvalue weighted by Gasteiger charge is 2.23. The van der Waals surface area contributed by atoms with Crippen molar-refractivity contribution in [1.82, 2.24) is 10.2 Å². The fourth-order valence-corrected chi connectivity index (χ4v) is 1.01. The van der Waals surface area contributed by atoms with E-state index >= 15 is 0 Å². The van der Waals surface area contributed by atoms with Crippen LogP contribution in [-0.2, 0) is 9.59 Å². The van der Waals surface area contributed by atoms with E-state index in [4.69, 9.17) is 0 Å². The summed E-state index contributed by atoms with van der Waals surface area (Å²) < 4.78 is 0. The second-order valence-electron chi connectivity index (χ2n) is 2.40. The third kappa shape index (κ3) is 1.77. The highest BCUT2D eigenvalue weighted by Crippen LogP contribution is 1.96. The molecule has 0 aromatic rings. The van der Waals surface area contributed by atoms with E-state index in [1.54, 1.807) is 0 Å². The van der Waals surface area contributed by atoms with Crippen LogP contribution in [-0.4, -0.2) is 36.3 Å². The van der Waals surface area contributed by atoms with Crippen LogP contribution in [0.4, 0.5) is 0 Å². The number of carbonyl (C=O) groups excluding carboxylic acids is 2. The maximum Gasteiger partial charge on any atom is 0.243 e. The zero-order valence-electron chi connectivity index (χ0n) is 6.30. The van der Waals surface area contributed by atoms with Gasteiger partial charge in [-0.1, -0.05) is 6.92 Å². The van der Waals surface area contributed by atoms with Gasteiger partial charge in [0.05, 0.1) is 13.1 Å². The molecule has 0 atom stereocenters. The molecule has 61 valence electrons. The predicted octanol–water partition coefficient (Wildman–Crippen LogP) is -0.831. The zero-order chi connectivity index (χ0) is 8.27. The van der Waals surface area contributed by atoms with Crippen molar-refractivity contribution in [3.63, 3.8) is 0 Å². The Hall–Kier alpha value is -0.900. The smallest absolute Gasteiger partial charge is 0.243 e. The van der Waals surface area contributed by atoms with Crippen molar-refractivity contribution in [2.24, 2.45) is 0 Å². The number of amides is 2. The number of carbonyl (C=O) groups is 2. The number of rotatable bonds is 2. The van der Waals surface area contributed by atoms with E-state index in [1.165, 1.54) is 4.90 Å². The number of nitrogens with one attached hydrogen (secondary N) is 1. The summed E-state index contributed by atoms with van der Waals surface area (Å²) in [5, 5.41) is 2.71. The number of hydrogen-bond donors (Lipinski definition) is 1. The maximum atomic E-state index is 11.0. The Morgan fingerprint density at radius 2 is 1.91 bits per heavy atom. The van der Waals surface area contributed by atoms with Gasteiger partial charge in [0, 0.05) is 6.54 Å². The van der Waals surface area contributed by atoms with Gasteiger partial charge in [0.2, 0.25) is 11.8 Å². The van der Waals surface area contributed by atoms with Crippen LogP contribution in [0.5, 0.6) is 0 Å². The minimum Gasteiger partial charge on any atom is -0.300 e. The van der Waals surface area contributed by atoms with Gasteiger partial charge in [-0.15, -0.1) is 0 Å². The van der Waals surface area contributed by atoms with Crippen molar-refractivity contribution in [1.29, 1.82) is 0 Å². The lowest BCUT2D eigenvalue weighted by Gasteiger charge is -2.24. The van der Waals surface area contributed by atoms with E-state index in [-0.39, 0.29) is 24.9 Å². The summed E-state index contributed by atoms with van der Waals surface area (Å²) >= 11 is 0. The molecule has 0 aromatic carbocycles. The number of piperazine rings is 1. The van der Waals surface area contributed by atoms with Crippen LogP contribution in [0.2, 0.25) is 0 Å². The Labute approximate surface area is 65.6 Å². The van der Waals surface area contributed by atoms with E-state index in [0.29, 0.717) is 13.0 Å². The summed E-state index contributed by atoms with van der Waals surface area (Å²) in [5.41, 5.74) is 0. The first-order valence-corrected chi connectivity index (χ1v) is 3.59. The van der Waals surface area contributed by atoms with Crippen LogP contribution in [0.25, 0.3) is 0 Å². The van der Waals surface area contributed by atoms with Crippen LogP contribution in [0.3, 0.4) is 0 Å². The van der Waals surface area contributed by atoms with Crippen LogP contribution in [0, 0.1) is 6.92 Å². The number of hydrogen-bond acceptors (Lipinski definition) is 3. The van der Waals surface area contributed by atoms with Crippen molar-refractivity contribution in [2.45, 2.75) is 6.42 Å². The topological polar surface area (TPSA) is 49.4 Å². The predicted molar refractivity (Wildman–Crippen MR) is 39.6 cm³/mol. The molecule has 1 saturated heterocycles. The number of nitrogens with zero attached hydrogens (tertiary/aromatic N) is 1. The zero-order valence-corrected chi connectivity index (χ0v) is 6.30. The summed E-state index contributed by atoms with van der Waals surface area (Å²) in [4.78, 5) is 23.3. The summed E-state index contributed by atoms with van der Waals surface area (Å²) in [7, 11) is 0. The Morgan fingerprint density at radius 3 is 2.36 bits per heavy atom. The van der Waals surface area contributed by atoms with Crippen molar-refractivity contribution in [3.05, 3.63) is 6.92 Å². The second kappa shape index (κ2) is 3.48. The first-order chi connectivity index (χ1) is 5.25. The van der Waals surface area contributed by atoms with E-state index in [0.717, 1.165) is 0 Å². The van der Waals surface area contributed by atoms with Crippen LogP contribution in [0.1, 0.15) is 6.42 Å². The maximum absolute atomic E-state index is 11.0. The molecule has 1 aliphatic rings. The lowest BCUT2D eigenvalue weighted by atomic mass is 10.3. The average molecular weight is 155 g/mol. The molecule has 0 bridgehead atoms. The van der Waals surface area contributed by atoms with Gasteiger partial charge in [0.1, 0.15) is 0 Å². The standard InChI is InChI=1S/C7H11N2O2/c1-2-3-9-6(10)4-8-5-7(9)11/h8H,1-5H2. The van der Waals surface area contributed by atoms with Gasteiger partial charge in [-0.25, -0.2) is 0 Å². The summed E-state index contributed by atoms with van der Waals surface area (Å²) in [5.74, 6) is -0.296. The lowest BCUT2D eigenvalue weighted by molar-refractivity contribution is -0.146. The lowest BCUT2D eigenvalue weighted by Crippen LogP contribution is -2.52. The minimum atomic E-state index is -0.148. The van der Waals surface area contributed by atoms with E-state index in [9.17, 15) is 9.59 Å². The molecule has 0 spiro atoms. The van der Waals surface area contributed by atoms with E-state index in [2.05, 4.69) is 12.2 Å². The quantitative estimate of drug-likeness (QED) is 0.529. The highest BCUT2D eigenvalue weighted by atomic mass is 16.2. The van der Waals surface area contributed by atoms with Gasteiger partial charge in [-0.05, 0) is 6.42 Å². The molecule has 0 saturated carbocycles. The van der Waals surface area contributed by atoms with Gasteiger partial charge in [0.15, 0.2) is 0 Å². The molecule has 1 N–H and O–H groups in total. The van der Waals surface area contributed by atoms with E-state index < -0.39 is 0 Å². The minimum absolute atomic E-state index is 0.148. The molecule has 0 unspecified atom stereocenters. The molecule has 0 aliphatic carbocycles. The molecular formula is C7H11N2O2. The number of imide groups is 1. The first kappa shape index (κ1) is 8.20. The molecule has 1 heterocycles. The molecule has 1 rings (SSSR count). The Morgan fingerprint density at radius 1 is 1.36 bits per heavy atom. The molecule has 11 heavy (non-hydrogen) atoms. The van der Waals surface area contributed by atoms with Crippen LogP contribution < -0.4 is 5.32 Å². The van der Waals surface area contributed by atoms with Crippen molar-refractivity contribution in [2.75, 3.05) is 19.6 Å². The Bertz CT molecular complexity index is 163. The Balaban J connectivity index is 2.55. The molecule has 1 aliphatic heterocycles.